The second-order valence-corrected chi connectivity index (χ2v) is 5.15. The summed E-state index contributed by atoms with van der Waals surface area (Å²) in [6.45, 7) is 2.12. The smallest absolute Gasteiger partial charge is 0.311 e. The maximum absolute atomic E-state index is 10.9. The number of hydrogen-bond acceptors (Lipinski definition) is 3. The molecule has 0 fully saturated rings. The van der Waals surface area contributed by atoms with Crippen molar-refractivity contribution in [2.75, 3.05) is 7.11 Å². The van der Waals surface area contributed by atoms with E-state index in [1.54, 1.807) is 12.1 Å². The van der Waals surface area contributed by atoms with Crippen LogP contribution >= 0.6 is 15.9 Å². The highest BCUT2D eigenvalue weighted by molar-refractivity contribution is 9.09. The third kappa shape index (κ3) is 4.00. The zero-order chi connectivity index (χ0) is 12.8. The van der Waals surface area contributed by atoms with Crippen molar-refractivity contribution in [3.05, 3.63) is 33.9 Å². The van der Waals surface area contributed by atoms with Crippen LogP contribution in [0, 0.1) is 10.1 Å². The molecule has 0 N–H and O–H groups in total. The molecule has 0 aromatic heterocycles. The number of halogens is 1. The highest BCUT2D eigenvalue weighted by Gasteiger charge is 2.16. The fourth-order valence-corrected chi connectivity index (χ4v) is 2.51. The van der Waals surface area contributed by atoms with Gasteiger partial charge >= 0.3 is 5.69 Å². The van der Waals surface area contributed by atoms with E-state index >= 15 is 0 Å². The quantitative estimate of drug-likeness (QED) is 0.457. The maximum Gasteiger partial charge on any atom is 0.311 e. The minimum Gasteiger partial charge on any atom is -0.490 e. The van der Waals surface area contributed by atoms with E-state index in [1.807, 2.05) is 6.07 Å². The molecule has 0 heterocycles. The van der Waals surface area contributed by atoms with Crippen LogP contribution < -0.4 is 4.74 Å². The lowest BCUT2D eigenvalue weighted by Gasteiger charge is -2.09. The number of benzene rings is 1. The third-order valence-corrected chi connectivity index (χ3v) is 3.28. The number of alkyl halides is 1. The van der Waals surface area contributed by atoms with Gasteiger partial charge < -0.3 is 4.74 Å². The van der Waals surface area contributed by atoms with E-state index in [4.69, 9.17) is 4.74 Å². The first kappa shape index (κ1) is 14.0. The molecule has 1 rings (SSSR count). The molecule has 0 radical (unpaired) electrons. The summed E-state index contributed by atoms with van der Waals surface area (Å²) >= 11 is 3.57. The van der Waals surface area contributed by atoms with E-state index in [0.29, 0.717) is 10.6 Å². The van der Waals surface area contributed by atoms with Crippen molar-refractivity contribution in [1.82, 2.24) is 0 Å². The van der Waals surface area contributed by atoms with Crippen molar-refractivity contribution in [3.63, 3.8) is 0 Å². The van der Waals surface area contributed by atoms with Gasteiger partial charge in [0.2, 0.25) is 0 Å². The van der Waals surface area contributed by atoms with Gasteiger partial charge in [0.25, 0.3) is 0 Å². The number of ether oxygens (including phenoxy) is 1. The lowest BCUT2D eigenvalue weighted by molar-refractivity contribution is -0.385. The lowest BCUT2D eigenvalue weighted by atomic mass is 10.1. The summed E-state index contributed by atoms with van der Waals surface area (Å²) in [5.74, 6) is 0.306. The largest absolute Gasteiger partial charge is 0.490 e. The van der Waals surface area contributed by atoms with E-state index in [-0.39, 0.29) is 5.69 Å². The van der Waals surface area contributed by atoms with Gasteiger partial charge in [0.1, 0.15) is 0 Å². The van der Waals surface area contributed by atoms with Crippen LogP contribution in [-0.2, 0) is 6.42 Å². The summed E-state index contributed by atoms with van der Waals surface area (Å²) in [6.07, 6.45) is 2.94. The number of methoxy groups -OCH3 is 1. The van der Waals surface area contributed by atoms with E-state index < -0.39 is 4.92 Å². The van der Waals surface area contributed by atoms with E-state index in [2.05, 4.69) is 22.9 Å². The van der Waals surface area contributed by atoms with Crippen LogP contribution in [0.2, 0.25) is 0 Å². The van der Waals surface area contributed by atoms with Crippen molar-refractivity contribution in [2.24, 2.45) is 0 Å². The normalized spacial score (nSPS) is 12.2. The molecule has 5 heteroatoms. The van der Waals surface area contributed by atoms with Crippen molar-refractivity contribution < 1.29 is 9.66 Å². The SMILES string of the molecule is CCCC(Br)Cc1ccc(OC)c([N+](=O)[O-])c1. The summed E-state index contributed by atoms with van der Waals surface area (Å²) < 4.78 is 4.96. The Morgan fingerprint density at radius 2 is 2.24 bits per heavy atom. The Bertz CT molecular complexity index is 395. The zero-order valence-electron chi connectivity index (χ0n) is 9.98. The van der Waals surface area contributed by atoms with Crippen LogP contribution in [0.15, 0.2) is 18.2 Å². The van der Waals surface area contributed by atoms with Gasteiger partial charge in [-0.05, 0) is 24.5 Å². The summed E-state index contributed by atoms with van der Waals surface area (Å²) in [5.41, 5.74) is 0.981. The minimum atomic E-state index is -0.411. The van der Waals surface area contributed by atoms with Gasteiger partial charge in [-0.2, -0.15) is 0 Å². The van der Waals surface area contributed by atoms with Crippen LogP contribution in [0.4, 0.5) is 5.69 Å². The third-order valence-electron chi connectivity index (χ3n) is 2.50. The molecule has 1 unspecified atom stereocenters. The maximum atomic E-state index is 10.9. The molecule has 0 amide bonds. The van der Waals surface area contributed by atoms with Gasteiger partial charge in [-0.1, -0.05) is 35.3 Å². The van der Waals surface area contributed by atoms with Crippen LogP contribution in [-0.4, -0.2) is 16.9 Å². The molecule has 4 nitrogen and oxygen atoms in total. The Balaban J connectivity index is 2.88. The number of nitrogens with zero attached hydrogens (tertiary/aromatic N) is 1. The Morgan fingerprint density at radius 1 is 1.53 bits per heavy atom. The van der Waals surface area contributed by atoms with E-state index in [0.717, 1.165) is 24.8 Å². The summed E-state index contributed by atoms with van der Waals surface area (Å²) in [5, 5.41) is 10.9. The highest BCUT2D eigenvalue weighted by Crippen LogP contribution is 2.28. The number of nitro benzene ring substituents is 1. The standard InChI is InChI=1S/C12H16BrNO3/c1-3-4-10(13)7-9-5-6-12(17-2)11(8-9)14(15)16/h5-6,8,10H,3-4,7H2,1-2H3. The molecule has 1 atom stereocenters. The minimum absolute atomic E-state index is 0.0289. The van der Waals surface area contributed by atoms with Crippen LogP contribution in [0.1, 0.15) is 25.3 Å². The van der Waals surface area contributed by atoms with Gasteiger partial charge in [-0.25, -0.2) is 0 Å². The van der Waals surface area contributed by atoms with Crippen LogP contribution in [0.5, 0.6) is 5.75 Å². The van der Waals surface area contributed by atoms with Gasteiger partial charge in [-0.15, -0.1) is 0 Å². The van der Waals surface area contributed by atoms with Crippen molar-refractivity contribution in [3.8, 4) is 5.75 Å². The second-order valence-electron chi connectivity index (χ2n) is 3.85. The Kier molecular flexibility index (Phi) is 5.41. The zero-order valence-corrected chi connectivity index (χ0v) is 11.6. The second kappa shape index (κ2) is 6.59. The van der Waals surface area contributed by atoms with Crippen LogP contribution in [0.25, 0.3) is 0 Å². The van der Waals surface area contributed by atoms with Crippen molar-refractivity contribution in [2.45, 2.75) is 31.0 Å². The van der Waals surface area contributed by atoms with E-state index in [9.17, 15) is 10.1 Å². The number of nitro groups is 1. The molecule has 0 aliphatic carbocycles. The number of hydrogen-bond donors (Lipinski definition) is 0. The lowest BCUT2D eigenvalue weighted by Crippen LogP contribution is -2.03. The molecule has 0 aliphatic heterocycles. The fraction of sp³-hybridized carbons (Fsp3) is 0.500. The first-order chi connectivity index (χ1) is 8.08. The number of rotatable bonds is 6. The molecule has 0 bridgehead atoms. The molecule has 0 saturated heterocycles. The summed E-state index contributed by atoms with van der Waals surface area (Å²) in [4.78, 5) is 10.8. The molecule has 0 spiro atoms. The monoisotopic (exact) mass is 301 g/mol. The highest BCUT2D eigenvalue weighted by atomic mass is 79.9. The van der Waals surface area contributed by atoms with Crippen LogP contribution in [0.3, 0.4) is 0 Å². The molecule has 17 heavy (non-hydrogen) atoms. The Morgan fingerprint density at radius 3 is 2.76 bits per heavy atom. The Labute approximate surface area is 109 Å². The van der Waals surface area contributed by atoms with Gasteiger partial charge in [0.15, 0.2) is 5.75 Å². The van der Waals surface area contributed by atoms with Crippen molar-refractivity contribution >= 4 is 21.6 Å². The predicted octanol–water partition coefficient (Wildman–Crippen LogP) is 3.71. The molecular formula is C12H16BrNO3. The molecule has 1 aromatic carbocycles. The van der Waals surface area contributed by atoms with Gasteiger partial charge in [-0.3, -0.25) is 10.1 Å². The average Bonchev–Trinajstić information content (AvgIpc) is 2.29. The first-order valence-corrected chi connectivity index (χ1v) is 6.45. The summed E-state index contributed by atoms with van der Waals surface area (Å²) in [7, 11) is 1.44. The first-order valence-electron chi connectivity index (χ1n) is 5.53. The van der Waals surface area contributed by atoms with Gasteiger partial charge in [0.05, 0.1) is 12.0 Å². The molecular weight excluding hydrogens is 286 g/mol. The summed E-state index contributed by atoms with van der Waals surface area (Å²) in [6, 6.07) is 5.11. The molecule has 1 aromatic rings. The van der Waals surface area contributed by atoms with Crippen molar-refractivity contribution in [1.29, 1.82) is 0 Å². The topological polar surface area (TPSA) is 52.4 Å². The molecule has 94 valence electrons. The van der Waals surface area contributed by atoms with Gasteiger partial charge in [0, 0.05) is 10.9 Å². The molecule has 0 saturated carbocycles. The Hall–Kier alpha value is -1.10. The predicted molar refractivity (Wildman–Crippen MR) is 71.0 cm³/mol. The van der Waals surface area contributed by atoms with E-state index in [1.165, 1.54) is 7.11 Å². The molecule has 0 aliphatic rings. The average molecular weight is 302 g/mol. The fourth-order valence-electron chi connectivity index (χ4n) is 1.68.